The van der Waals surface area contributed by atoms with E-state index < -0.39 is 18.2 Å². The van der Waals surface area contributed by atoms with Crippen LogP contribution in [0.25, 0.3) is 11.2 Å². The van der Waals surface area contributed by atoms with Crippen LogP contribution in [0.2, 0.25) is 0 Å². The van der Waals surface area contributed by atoms with Crippen LogP contribution < -0.4 is 20.7 Å². The summed E-state index contributed by atoms with van der Waals surface area (Å²) in [5.41, 5.74) is 3.57. The van der Waals surface area contributed by atoms with Gasteiger partial charge in [-0.1, -0.05) is 0 Å². The monoisotopic (exact) mass is 464 g/mol. The minimum atomic E-state index is -0.577. The summed E-state index contributed by atoms with van der Waals surface area (Å²) in [7, 11) is 5.07. The van der Waals surface area contributed by atoms with Crippen molar-refractivity contribution in [3.05, 3.63) is 42.2 Å². The lowest BCUT2D eigenvalue weighted by Gasteiger charge is -2.24. The fourth-order valence-electron chi connectivity index (χ4n) is 3.85. The summed E-state index contributed by atoms with van der Waals surface area (Å²) >= 11 is 0. The topological polar surface area (TPSA) is 146 Å². The van der Waals surface area contributed by atoms with E-state index in [2.05, 4.69) is 41.1 Å². The van der Waals surface area contributed by atoms with Crippen molar-refractivity contribution in [1.82, 2.24) is 39.8 Å². The van der Waals surface area contributed by atoms with Gasteiger partial charge in [0, 0.05) is 20.2 Å². The largest absolute Gasteiger partial charge is 0.493 e. The van der Waals surface area contributed by atoms with E-state index in [1.54, 1.807) is 33.6 Å². The van der Waals surface area contributed by atoms with Crippen molar-refractivity contribution in [2.45, 2.75) is 25.7 Å². The lowest BCUT2D eigenvalue weighted by molar-refractivity contribution is 0.0151. The Morgan fingerprint density at radius 1 is 1.26 bits per heavy atom. The maximum absolute atomic E-state index is 13.2. The van der Waals surface area contributed by atoms with Crippen LogP contribution in [0.5, 0.6) is 5.75 Å². The zero-order valence-corrected chi connectivity index (χ0v) is 19.1. The second-order valence-corrected chi connectivity index (χ2v) is 7.82. The number of rotatable bonds is 3. The Balaban J connectivity index is 1.65. The maximum atomic E-state index is 13.2. The first kappa shape index (κ1) is 21.6. The number of methoxy groups -OCH3 is 1. The molecule has 3 N–H and O–H groups in total. The number of aromatic nitrogens is 7. The van der Waals surface area contributed by atoms with Crippen LogP contribution in [0.1, 0.15) is 24.4 Å². The lowest BCUT2D eigenvalue weighted by atomic mass is 10.1. The summed E-state index contributed by atoms with van der Waals surface area (Å²) < 4.78 is 13.0. The molecule has 5 heterocycles. The van der Waals surface area contributed by atoms with E-state index in [4.69, 9.17) is 9.47 Å². The van der Waals surface area contributed by atoms with Gasteiger partial charge in [-0.25, -0.2) is 19.3 Å². The van der Waals surface area contributed by atoms with E-state index in [-0.39, 0.29) is 6.61 Å². The van der Waals surface area contributed by atoms with E-state index >= 15 is 0 Å². The highest BCUT2D eigenvalue weighted by Gasteiger charge is 2.27. The minimum absolute atomic E-state index is 0.171. The molecule has 0 saturated carbocycles. The number of fused-ring (bicyclic) bond motifs is 3. The molecule has 5 rings (SSSR count). The van der Waals surface area contributed by atoms with Crippen molar-refractivity contribution in [3.8, 4) is 5.75 Å². The number of nitrogens with zero attached hydrogens (tertiary/aromatic N) is 7. The van der Waals surface area contributed by atoms with Crippen molar-refractivity contribution in [2.24, 2.45) is 7.05 Å². The number of amides is 1. The fraction of sp³-hybridized carbons (Fsp3) is 0.333. The number of hydrogen-bond donors (Lipinski definition) is 3. The maximum Gasteiger partial charge on any atom is 0.328 e. The first-order chi connectivity index (χ1) is 16.5. The van der Waals surface area contributed by atoms with E-state index in [9.17, 15) is 4.79 Å². The molecule has 1 aliphatic rings. The predicted molar refractivity (Wildman–Crippen MR) is 123 cm³/mol. The van der Waals surface area contributed by atoms with E-state index in [0.29, 0.717) is 45.5 Å². The van der Waals surface area contributed by atoms with Crippen LogP contribution in [0, 0.1) is 0 Å². The molecule has 13 nitrogen and oxygen atoms in total. The zero-order valence-electron chi connectivity index (χ0n) is 19.1. The third-order valence-corrected chi connectivity index (χ3v) is 5.52. The molecule has 34 heavy (non-hydrogen) atoms. The van der Waals surface area contributed by atoms with Crippen LogP contribution in [-0.4, -0.2) is 60.7 Å². The van der Waals surface area contributed by atoms with Crippen LogP contribution in [0.4, 0.5) is 22.0 Å². The molecular weight excluding hydrogens is 440 g/mol. The minimum Gasteiger partial charge on any atom is -0.493 e. The molecule has 0 spiro atoms. The highest BCUT2D eigenvalue weighted by molar-refractivity contribution is 5.94. The quantitative estimate of drug-likeness (QED) is 0.411. The molecule has 176 valence electrons. The highest BCUT2D eigenvalue weighted by Crippen LogP contribution is 2.31. The van der Waals surface area contributed by atoms with Gasteiger partial charge in [0.1, 0.15) is 29.5 Å². The van der Waals surface area contributed by atoms with Crippen molar-refractivity contribution in [2.75, 3.05) is 24.8 Å². The molecule has 0 fully saturated rings. The van der Waals surface area contributed by atoms with Gasteiger partial charge in [0.25, 0.3) is 0 Å². The zero-order chi connectivity index (χ0) is 23.8. The Morgan fingerprint density at radius 2 is 2.12 bits per heavy atom. The predicted octanol–water partition coefficient (Wildman–Crippen LogP) is 1.97. The number of carbonyl (C=O) groups is 1. The number of anilines is 3. The van der Waals surface area contributed by atoms with Gasteiger partial charge in [-0.05, 0) is 13.0 Å². The lowest BCUT2D eigenvalue weighted by Crippen LogP contribution is -2.40. The Labute approximate surface area is 194 Å². The standard InChI is InChI=1S/C21H24N10O3/c1-11-19(15-7-25-30(3)29-15)34-9-12-5-13(16(33-4)8-23-12)27-17-6-14(22-2)18-20(28-17)31(10-24-18)21(32)26-11/h5-8,10-11,19H,9H2,1-4H3,(H,26,32)(H2,22,27,28)/t11-,19+/m1/s1. The first-order valence-corrected chi connectivity index (χ1v) is 10.6. The summed E-state index contributed by atoms with van der Waals surface area (Å²) in [4.78, 5) is 28.2. The molecule has 0 unspecified atom stereocenters. The van der Waals surface area contributed by atoms with Gasteiger partial charge in [-0.3, -0.25) is 4.98 Å². The molecule has 2 atom stereocenters. The molecule has 0 radical (unpaired) electrons. The summed E-state index contributed by atoms with van der Waals surface area (Å²) in [5, 5.41) is 17.9. The Hall–Kier alpha value is -4.26. The molecule has 0 aliphatic carbocycles. The molecule has 4 aromatic rings. The molecule has 4 aromatic heterocycles. The number of hydrogen-bond acceptors (Lipinski definition) is 10. The fourth-order valence-corrected chi connectivity index (χ4v) is 3.85. The Bertz CT molecular complexity index is 1360. The van der Waals surface area contributed by atoms with Gasteiger partial charge in [-0.2, -0.15) is 15.0 Å². The van der Waals surface area contributed by atoms with Gasteiger partial charge < -0.3 is 25.4 Å². The van der Waals surface area contributed by atoms with Crippen LogP contribution in [-0.2, 0) is 18.4 Å². The Kier molecular flexibility index (Phi) is 5.45. The van der Waals surface area contributed by atoms with E-state index in [1.165, 1.54) is 15.7 Å². The van der Waals surface area contributed by atoms with E-state index in [0.717, 1.165) is 0 Å². The number of imidazole rings is 1. The van der Waals surface area contributed by atoms with Gasteiger partial charge in [0.15, 0.2) is 11.4 Å². The smallest absolute Gasteiger partial charge is 0.328 e. The third-order valence-electron chi connectivity index (χ3n) is 5.52. The van der Waals surface area contributed by atoms with Crippen LogP contribution in [0.15, 0.2) is 30.9 Å². The molecule has 13 heteroatoms. The van der Waals surface area contributed by atoms with E-state index in [1.807, 2.05) is 19.1 Å². The highest BCUT2D eigenvalue weighted by atomic mass is 16.5. The summed E-state index contributed by atoms with van der Waals surface area (Å²) in [5.74, 6) is 1.04. The second kappa shape index (κ2) is 8.59. The van der Waals surface area contributed by atoms with Gasteiger partial charge in [0.05, 0.1) is 49.2 Å². The molecular formula is C21H24N10O3. The summed E-state index contributed by atoms with van der Waals surface area (Å²) in [6, 6.07) is 2.80. The second-order valence-electron chi connectivity index (χ2n) is 7.82. The average Bonchev–Trinajstić information content (AvgIpc) is 3.44. The van der Waals surface area contributed by atoms with Gasteiger partial charge >= 0.3 is 6.03 Å². The number of ether oxygens (including phenoxy) is 2. The molecule has 1 aliphatic heterocycles. The summed E-state index contributed by atoms with van der Waals surface area (Å²) in [6.07, 6.45) is 4.10. The molecule has 4 bridgehead atoms. The third kappa shape index (κ3) is 3.85. The molecule has 1 amide bonds. The molecule has 0 aromatic carbocycles. The van der Waals surface area contributed by atoms with Crippen LogP contribution in [0.3, 0.4) is 0 Å². The Morgan fingerprint density at radius 3 is 2.85 bits per heavy atom. The van der Waals surface area contributed by atoms with Crippen molar-refractivity contribution < 1.29 is 14.3 Å². The number of carbonyl (C=O) groups excluding carboxylic acids is 1. The van der Waals surface area contributed by atoms with Crippen molar-refractivity contribution >= 4 is 34.4 Å². The van der Waals surface area contributed by atoms with Crippen molar-refractivity contribution in [3.63, 3.8) is 0 Å². The number of pyridine rings is 2. The number of aryl methyl sites for hydroxylation is 1. The molecule has 0 saturated heterocycles. The number of nitrogens with one attached hydrogen (secondary N) is 3. The van der Waals surface area contributed by atoms with Crippen LogP contribution >= 0.6 is 0 Å². The normalized spacial score (nSPS) is 18.3. The van der Waals surface area contributed by atoms with Gasteiger partial charge in [-0.15, -0.1) is 0 Å². The van der Waals surface area contributed by atoms with Crippen molar-refractivity contribution in [1.29, 1.82) is 0 Å². The average molecular weight is 464 g/mol. The SMILES string of the molecule is CNc1cc2nc3c1ncn3C(=O)N[C@H](C)[C@@H](c1cnn(C)n1)OCc1cc(c(OC)cn1)N2. The van der Waals surface area contributed by atoms with Gasteiger partial charge in [0.2, 0.25) is 0 Å². The first-order valence-electron chi connectivity index (χ1n) is 10.6. The summed E-state index contributed by atoms with van der Waals surface area (Å²) in [6.45, 7) is 2.01.